The molecule has 0 fully saturated rings. The molecule has 4 aromatic rings. The third-order valence-electron chi connectivity index (χ3n) is 4.31. The van der Waals surface area contributed by atoms with E-state index in [1.54, 1.807) is 6.07 Å². The van der Waals surface area contributed by atoms with Crippen LogP contribution in [0.15, 0.2) is 59.4 Å². The van der Waals surface area contributed by atoms with Gasteiger partial charge in [-0.1, -0.05) is 41.7 Å². The van der Waals surface area contributed by atoms with Crippen molar-refractivity contribution in [2.45, 2.75) is 13.5 Å². The third-order valence-corrected chi connectivity index (χ3v) is 5.25. The lowest BCUT2D eigenvalue weighted by atomic mass is 10.1. The van der Waals surface area contributed by atoms with Gasteiger partial charge < -0.3 is 10.1 Å². The van der Waals surface area contributed by atoms with Gasteiger partial charge >= 0.3 is 0 Å². The standard InChI is InChI=1S/C21H17FN4O3S/c1-13-5-2-3-8-17(13)20-25-26-19(28)10-15(24-21(26)30-20)11-23-18(27)12-29-16-7-4-6-14(22)9-16/h2-10H,11-12H2,1H3,(H,23,27). The fraction of sp³-hybridized carbons (Fsp3) is 0.143. The fourth-order valence-corrected chi connectivity index (χ4v) is 3.83. The third kappa shape index (κ3) is 4.36. The number of ether oxygens (including phenoxy) is 1. The van der Waals surface area contributed by atoms with Crippen LogP contribution in [0.25, 0.3) is 15.5 Å². The van der Waals surface area contributed by atoms with Crippen LogP contribution in [0.5, 0.6) is 5.75 Å². The summed E-state index contributed by atoms with van der Waals surface area (Å²) in [4.78, 5) is 29.3. The summed E-state index contributed by atoms with van der Waals surface area (Å²) < 4.78 is 19.6. The van der Waals surface area contributed by atoms with Crippen LogP contribution in [-0.2, 0) is 11.3 Å². The highest BCUT2D eigenvalue weighted by Gasteiger charge is 2.12. The molecular formula is C21H17FN4O3S. The minimum Gasteiger partial charge on any atom is -0.484 e. The minimum absolute atomic E-state index is 0.0642. The first-order valence-electron chi connectivity index (χ1n) is 9.10. The van der Waals surface area contributed by atoms with Gasteiger partial charge in [-0.2, -0.15) is 9.61 Å². The van der Waals surface area contributed by atoms with E-state index in [-0.39, 0.29) is 24.5 Å². The van der Waals surface area contributed by atoms with Crippen LogP contribution in [0.3, 0.4) is 0 Å². The molecule has 0 saturated carbocycles. The number of rotatable bonds is 6. The average Bonchev–Trinajstić information content (AvgIpc) is 3.16. The van der Waals surface area contributed by atoms with Gasteiger partial charge in [0.05, 0.1) is 12.2 Å². The van der Waals surface area contributed by atoms with Crippen LogP contribution in [-0.4, -0.2) is 27.1 Å². The highest BCUT2D eigenvalue weighted by Crippen LogP contribution is 2.26. The summed E-state index contributed by atoms with van der Waals surface area (Å²) in [5.41, 5.74) is 2.09. The maximum atomic E-state index is 13.1. The van der Waals surface area contributed by atoms with Gasteiger partial charge in [-0.25, -0.2) is 9.37 Å². The zero-order chi connectivity index (χ0) is 21.1. The van der Waals surface area contributed by atoms with Crippen molar-refractivity contribution in [1.82, 2.24) is 19.9 Å². The summed E-state index contributed by atoms with van der Waals surface area (Å²) in [7, 11) is 0. The van der Waals surface area contributed by atoms with Crippen LogP contribution in [0, 0.1) is 12.7 Å². The SMILES string of the molecule is Cc1ccccc1-c1nn2c(=O)cc(CNC(=O)COc3cccc(F)c3)nc2s1. The Morgan fingerprint density at radius 3 is 2.83 bits per heavy atom. The number of benzene rings is 2. The molecule has 0 aliphatic carbocycles. The Labute approximate surface area is 174 Å². The second kappa shape index (κ2) is 8.42. The number of carbonyl (C=O) groups is 1. The molecule has 0 bridgehead atoms. The van der Waals surface area contributed by atoms with Crippen LogP contribution < -0.4 is 15.6 Å². The molecule has 7 nitrogen and oxygen atoms in total. The van der Waals surface area contributed by atoms with E-state index in [1.807, 2.05) is 31.2 Å². The largest absolute Gasteiger partial charge is 0.484 e. The number of fused-ring (bicyclic) bond motifs is 1. The Balaban J connectivity index is 1.45. The van der Waals surface area contributed by atoms with Gasteiger partial charge in [0.25, 0.3) is 11.5 Å². The van der Waals surface area contributed by atoms with Crippen molar-refractivity contribution >= 4 is 22.2 Å². The summed E-state index contributed by atoms with van der Waals surface area (Å²) in [5.74, 6) is -0.594. The summed E-state index contributed by atoms with van der Waals surface area (Å²) in [6, 6.07) is 14.6. The lowest BCUT2D eigenvalue weighted by Crippen LogP contribution is -2.29. The first kappa shape index (κ1) is 19.7. The fourth-order valence-electron chi connectivity index (χ4n) is 2.81. The van der Waals surface area contributed by atoms with E-state index in [0.29, 0.717) is 15.7 Å². The second-order valence-electron chi connectivity index (χ2n) is 6.53. The van der Waals surface area contributed by atoms with Gasteiger partial charge in [0, 0.05) is 17.7 Å². The number of halogens is 1. The van der Waals surface area contributed by atoms with Crippen LogP contribution in [0.1, 0.15) is 11.3 Å². The van der Waals surface area contributed by atoms with E-state index in [1.165, 1.54) is 40.1 Å². The monoisotopic (exact) mass is 424 g/mol. The molecule has 1 N–H and O–H groups in total. The Morgan fingerprint density at radius 2 is 2.03 bits per heavy atom. The van der Waals surface area contributed by atoms with E-state index in [0.717, 1.165) is 11.1 Å². The number of carbonyl (C=O) groups excluding carboxylic acids is 1. The molecule has 0 atom stereocenters. The van der Waals surface area contributed by atoms with Crippen molar-refractivity contribution in [3.8, 4) is 16.3 Å². The van der Waals surface area contributed by atoms with Crippen molar-refractivity contribution in [3.05, 3.63) is 82.0 Å². The Bertz CT molecular complexity index is 1280. The van der Waals surface area contributed by atoms with Gasteiger partial charge in [-0.3, -0.25) is 9.59 Å². The molecule has 2 aromatic carbocycles. The van der Waals surface area contributed by atoms with Crippen LogP contribution in [0.4, 0.5) is 4.39 Å². The topological polar surface area (TPSA) is 85.6 Å². The number of nitrogens with zero attached hydrogens (tertiary/aromatic N) is 3. The zero-order valence-electron chi connectivity index (χ0n) is 16.0. The lowest BCUT2D eigenvalue weighted by Gasteiger charge is -2.07. The predicted octanol–water partition coefficient (Wildman–Crippen LogP) is 2.96. The number of nitrogens with one attached hydrogen (secondary N) is 1. The van der Waals surface area contributed by atoms with E-state index in [2.05, 4.69) is 15.4 Å². The molecule has 0 spiro atoms. The molecule has 9 heteroatoms. The van der Waals surface area contributed by atoms with Crippen molar-refractivity contribution < 1.29 is 13.9 Å². The molecule has 2 aromatic heterocycles. The second-order valence-corrected chi connectivity index (χ2v) is 7.48. The normalized spacial score (nSPS) is 10.9. The molecule has 0 aliphatic rings. The minimum atomic E-state index is -0.444. The van der Waals surface area contributed by atoms with Crippen molar-refractivity contribution in [3.63, 3.8) is 0 Å². The highest BCUT2D eigenvalue weighted by molar-refractivity contribution is 7.19. The highest BCUT2D eigenvalue weighted by atomic mass is 32.1. The molecule has 2 heterocycles. The smallest absolute Gasteiger partial charge is 0.275 e. The summed E-state index contributed by atoms with van der Waals surface area (Å²) in [5, 5.41) is 7.71. The number of amides is 1. The number of aromatic nitrogens is 3. The summed E-state index contributed by atoms with van der Waals surface area (Å²) >= 11 is 1.30. The van der Waals surface area contributed by atoms with Gasteiger partial charge in [0.1, 0.15) is 16.6 Å². The predicted molar refractivity (Wildman–Crippen MR) is 111 cm³/mol. The quantitative estimate of drug-likeness (QED) is 0.514. The summed E-state index contributed by atoms with van der Waals surface area (Å²) in [6.45, 7) is 1.77. The van der Waals surface area contributed by atoms with Crippen molar-refractivity contribution in [1.29, 1.82) is 0 Å². The Hall–Kier alpha value is -3.59. The van der Waals surface area contributed by atoms with E-state index < -0.39 is 11.7 Å². The number of hydrogen-bond acceptors (Lipinski definition) is 6. The molecule has 0 saturated heterocycles. The first-order chi connectivity index (χ1) is 14.5. The number of aryl methyl sites for hydroxylation is 1. The molecule has 0 unspecified atom stereocenters. The average molecular weight is 424 g/mol. The van der Waals surface area contributed by atoms with Gasteiger partial charge in [-0.05, 0) is 24.6 Å². The molecule has 152 valence electrons. The van der Waals surface area contributed by atoms with Gasteiger partial charge in [0.2, 0.25) is 4.96 Å². The first-order valence-corrected chi connectivity index (χ1v) is 9.92. The molecule has 30 heavy (non-hydrogen) atoms. The van der Waals surface area contributed by atoms with Gasteiger partial charge in [0.15, 0.2) is 6.61 Å². The zero-order valence-corrected chi connectivity index (χ0v) is 16.8. The summed E-state index contributed by atoms with van der Waals surface area (Å²) in [6.07, 6.45) is 0. The lowest BCUT2D eigenvalue weighted by molar-refractivity contribution is -0.123. The van der Waals surface area contributed by atoms with E-state index in [4.69, 9.17) is 4.74 Å². The van der Waals surface area contributed by atoms with Gasteiger partial charge in [-0.15, -0.1) is 0 Å². The molecular weight excluding hydrogens is 407 g/mol. The number of hydrogen-bond donors (Lipinski definition) is 1. The Morgan fingerprint density at radius 1 is 1.20 bits per heavy atom. The maximum absolute atomic E-state index is 13.1. The Kier molecular flexibility index (Phi) is 5.53. The molecule has 1 amide bonds. The van der Waals surface area contributed by atoms with E-state index >= 15 is 0 Å². The van der Waals surface area contributed by atoms with Crippen molar-refractivity contribution in [2.75, 3.05) is 6.61 Å². The van der Waals surface area contributed by atoms with Crippen molar-refractivity contribution in [2.24, 2.45) is 0 Å². The molecule has 0 aliphatic heterocycles. The molecule has 4 rings (SSSR count). The molecule has 0 radical (unpaired) electrons. The van der Waals surface area contributed by atoms with E-state index in [9.17, 15) is 14.0 Å². The van der Waals surface area contributed by atoms with Crippen LogP contribution >= 0.6 is 11.3 Å². The maximum Gasteiger partial charge on any atom is 0.275 e. The van der Waals surface area contributed by atoms with Crippen LogP contribution in [0.2, 0.25) is 0 Å².